The zero-order valence-electron chi connectivity index (χ0n) is 10.6. The summed E-state index contributed by atoms with van der Waals surface area (Å²) in [7, 11) is 0. The van der Waals surface area contributed by atoms with Crippen LogP contribution in [-0.4, -0.2) is 6.04 Å². The minimum Gasteiger partial charge on any atom is -0.382 e. The van der Waals surface area contributed by atoms with Crippen LogP contribution in [0.15, 0.2) is 18.7 Å². The molecule has 1 aliphatic carbocycles. The molecule has 0 aromatic heterocycles. The third-order valence-electron chi connectivity index (χ3n) is 3.73. The molecule has 0 amide bonds. The molecule has 1 N–H and O–H groups in total. The lowest BCUT2D eigenvalue weighted by Gasteiger charge is -2.29. The average molecular weight is 215 g/mol. The fourth-order valence-electron chi connectivity index (χ4n) is 2.29. The van der Waals surface area contributed by atoms with E-state index in [4.69, 9.17) is 0 Å². The van der Waals surface area contributed by atoms with Crippen LogP contribution < -0.4 is 5.32 Å². The maximum absolute atomic E-state index is 4.20. The summed E-state index contributed by atoms with van der Waals surface area (Å²) in [6, 6.07) is 5.03. The van der Waals surface area contributed by atoms with E-state index in [1.54, 1.807) is 0 Å². The molecule has 86 valence electrons. The van der Waals surface area contributed by atoms with E-state index in [9.17, 15) is 0 Å². The Bertz CT molecular complexity index is 414. The third kappa shape index (κ3) is 1.99. The van der Waals surface area contributed by atoms with Crippen molar-refractivity contribution in [2.75, 3.05) is 0 Å². The van der Waals surface area contributed by atoms with Crippen molar-refractivity contribution < 1.29 is 0 Å². The Morgan fingerprint density at radius 1 is 1.19 bits per heavy atom. The van der Waals surface area contributed by atoms with Gasteiger partial charge in [0.1, 0.15) is 0 Å². The number of benzene rings is 1. The summed E-state index contributed by atoms with van der Waals surface area (Å²) in [6.07, 6.45) is 3.95. The molecule has 1 aromatic carbocycles. The van der Waals surface area contributed by atoms with Gasteiger partial charge in [-0.25, -0.2) is 0 Å². The summed E-state index contributed by atoms with van der Waals surface area (Å²) in [4.78, 5) is 0. The van der Waals surface area contributed by atoms with Crippen LogP contribution in [0.1, 0.15) is 41.5 Å². The fraction of sp³-hybridized carbons (Fsp3) is 0.467. The van der Waals surface area contributed by atoms with Crippen LogP contribution in [0, 0.1) is 20.8 Å². The number of rotatable bonds is 3. The zero-order valence-corrected chi connectivity index (χ0v) is 10.6. The first kappa shape index (κ1) is 11.3. The lowest BCUT2D eigenvalue weighted by Crippen LogP contribution is -2.33. The van der Waals surface area contributed by atoms with Gasteiger partial charge in [0.2, 0.25) is 0 Å². The summed E-state index contributed by atoms with van der Waals surface area (Å²) >= 11 is 0. The Kier molecular flexibility index (Phi) is 3.04. The van der Waals surface area contributed by atoms with E-state index in [1.165, 1.54) is 41.5 Å². The maximum atomic E-state index is 4.20. The predicted molar refractivity (Wildman–Crippen MR) is 70.5 cm³/mol. The van der Waals surface area contributed by atoms with Gasteiger partial charge in [0.15, 0.2) is 0 Å². The van der Waals surface area contributed by atoms with E-state index >= 15 is 0 Å². The molecule has 1 aromatic rings. The molecule has 0 unspecified atom stereocenters. The van der Waals surface area contributed by atoms with Crippen molar-refractivity contribution in [2.45, 2.75) is 46.1 Å². The van der Waals surface area contributed by atoms with E-state index < -0.39 is 0 Å². The standard InChI is InChI=1S/C15H21N/c1-10-8-9-11(2)15(12(10)3)13(4)16-14-6-5-7-14/h8-9,14,16H,4-7H2,1-3H3. The van der Waals surface area contributed by atoms with E-state index in [0.717, 1.165) is 5.70 Å². The summed E-state index contributed by atoms with van der Waals surface area (Å²) < 4.78 is 0. The Morgan fingerprint density at radius 2 is 1.81 bits per heavy atom. The first-order valence-corrected chi connectivity index (χ1v) is 6.12. The highest BCUT2D eigenvalue weighted by molar-refractivity contribution is 5.69. The van der Waals surface area contributed by atoms with Crippen molar-refractivity contribution in [1.29, 1.82) is 0 Å². The molecule has 1 saturated carbocycles. The predicted octanol–water partition coefficient (Wildman–Crippen LogP) is 3.72. The van der Waals surface area contributed by atoms with E-state index in [-0.39, 0.29) is 0 Å². The Balaban J connectivity index is 2.24. The molecule has 16 heavy (non-hydrogen) atoms. The number of nitrogens with one attached hydrogen (secondary N) is 1. The van der Waals surface area contributed by atoms with Crippen LogP contribution >= 0.6 is 0 Å². The molecule has 0 atom stereocenters. The molecular formula is C15H21N. The van der Waals surface area contributed by atoms with Crippen molar-refractivity contribution in [3.63, 3.8) is 0 Å². The van der Waals surface area contributed by atoms with Gasteiger partial charge in [0.05, 0.1) is 0 Å². The Labute approximate surface area is 98.6 Å². The number of hydrogen-bond acceptors (Lipinski definition) is 1. The lowest BCUT2D eigenvalue weighted by atomic mass is 9.91. The van der Waals surface area contributed by atoms with E-state index in [1.807, 2.05) is 0 Å². The van der Waals surface area contributed by atoms with Crippen LogP contribution in [-0.2, 0) is 0 Å². The minimum atomic E-state index is 0.659. The first-order chi connectivity index (χ1) is 7.59. The van der Waals surface area contributed by atoms with E-state index in [0.29, 0.717) is 6.04 Å². The number of aryl methyl sites for hydroxylation is 2. The van der Waals surface area contributed by atoms with Gasteiger partial charge in [-0.1, -0.05) is 18.7 Å². The van der Waals surface area contributed by atoms with Crippen molar-refractivity contribution >= 4 is 5.70 Å². The van der Waals surface area contributed by atoms with Gasteiger partial charge in [0, 0.05) is 17.3 Å². The van der Waals surface area contributed by atoms with Gasteiger partial charge in [-0.2, -0.15) is 0 Å². The summed E-state index contributed by atoms with van der Waals surface area (Å²) in [6.45, 7) is 10.7. The summed E-state index contributed by atoms with van der Waals surface area (Å²) in [5, 5.41) is 3.55. The highest BCUT2D eigenvalue weighted by Gasteiger charge is 2.19. The van der Waals surface area contributed by atoms with Crippen molar-refractivity contribution in [3.05, 3.63) is 41.0 Å². The van der Waals surface area contributed by atoms with E-state index in [2.05, 4.69) is 44.8 Å². The molecule has 0 bridgehead atoms. The lowest BCUT2D eigenvalue weighted by molar-refractivity contribution is 0.378. The maximum Gasteiger partial charge on any atom is 0.0348 e. The fourth-order valence-corrected chi connectivity index (χ4v) is 2.29. The second-order valence-electron chi connectivity index (χ2n) is 4.95. The molecular weight excluding hydrogens is 194 g/mol. The van der Waals surface area contributed by atoms with Gasteiger partial charge in [0.25, 0.3) is 0 Å². The molecule has 1 nitrogen and oxygen atoms in total. The van der Waals surface area contributed by atoms with Gasteiger partial charge < -0.3 is 5.32 Å². The second kappa shape index (κ2) is 4.32. The normalized spacial score (nSPS) is 15.7. The Hall–Kier alpha value is -1.24. The first-order valence-electron chi connectivity index (χ1n) is 6.12. The Morgan fingerprint density at radius 3 is 2.38 bits per heavy atom. The average Bonchev–Trinajstić information content (AvgIpc) is 2.18. The van der Waals surface area contributed by atoms with Crippen LogP contribution in [0.25, 0.3) is 5.70 Å². The van der Waals surface area contributed by atoms with Crippen molar-refractivity contribution in [2.24, 2.45) is 0 Å². The SMILES string of the molecule is C=C(NC1CCC1)c1c(C)ccc(C)c1C. The molecule has 0 heterocycles. The number of hydrogen-bond donors (Lipinski definition) is 1. The van der Waals surface area contributed by atoms with Gasteiger partial charge in [-0.15, -0.1) is 0 Å². The zero-order chi connectivity index (χ0) is 11.7. The van der Waals surface area contributed by atoms with Gasteiger partial charge >= 0.3 is 0 Å². The molecule has 0 spiro atoms. The smallest absolute Gasteiger partial charge is 0.0348 e. The molecule has 1 aliphatic rings. The van der Waals surface area contributed by atoms with Crippen LogP contribution in [0.3, 0.4) is 0 Å². The highest BCUT2D eigenvalue weighted by atomic mass is 14.9. The van der Waals surface area contributed by atoms with Crippen LogP contribution in [0.4, 0.5) is 0 Å². The highest BCUT2D eigenvalue weighted by Crippen LogP contribution is 2.26. The minimum absolute atomic E-state index is 0.659. The largest absolute Gasteiger partial charge is 0.382 e. The molecule has 0 saturated heterocycles. The quantitative estimate of drug-likeness (QED) is 0.810. The molecule has 1 fully saturated rings. The van der Waals surface area contributed by atoms with Crippen LogP contribution in [0.5, 0.6) is 0 Å². The monoisotopic (exact) mass is 215 g/mol. The van der Waals surface area contributed by atoms with Crippen molar-refractivity contribution in [1.82, 2.24) is 5.32 Å². The summed E-state index contributed by atoms with van der Waals surface area (Å²) in [5.74, 6) is 0. The topological polar surface area (TPSA) is 12.0 Å². The van der Waals surface area contributed by atoms with Gasteiger partial charge in [-0.3, -0.25) is 0 Å². The summed E-state index contributed by atoms with van der Waals surface area (Å²) in [5.41, 5.74) is 6.43. The van der Waals surface area contributed by atoms with Crippen molar-refractivity contribution in [3.8, 4) is 0 Å². The molecule has 0 aliphatic heterocycles. The molecule has 2 rings (SSSR count). The second-order valence-corrected chi connectivity index (χ2v) is 4.95. The molecule has 0 radical (unpaired) electrons. The van der Waals surface area contributed by atoms with Gasteiger partial charge in [-0.05, 0) is 56.7 Å². The van der Waals surface area contributed by atoms with Crippen LogP contribution in [0.2, 0.25) is 0 Å². The molecule has 1 heteroatoms. The third-order valence-corrected chi connectivity index (χ3v) is 3.73.